The largest absolute Gasteiger partial charge is 0.329 e. The van der Waals surface area contributed by atoms with Gasteiger partial charge in [0.15, 0.2) is 0 Å². The van der Waals surface area contributed by atoms with Gasteiger partial charge < -0.3 is 10.2 Å². The van der Waals surface area contributed by atoms with Crippen LogP contribution in [0, 0.1) is 0 Å². The molecular formula is C17H38N3O2+. The second-order valence-electron chi connectivity index (χ2n) is 7.35. The van der Waals surface area contributed by atoms with Gasteiger partial charge in [0.05, 0.1) is 40.3 Å². The fourth-order valence-electron chi connectivity index (χ4n) is 2.32. The molecule has 1 unspecified atom stereocenters. The van der Waals surface area contributed by atoms with Crippen LogP contribution in [0.4, 0.5) is 0 Å². The smallest absolute Gasteiger partial charge is 0.263 e. The lowest BCUT2D eigenvalue weighted by molar-refractivity contribution is -0.870. The monoisotopic (exact) mass is 316 g/mol. The molecule has 0 saturated heterocycles. The third kappa shape index (κ3) is 12.0. The summed E-state index contributed by atoms with van der Waals surface area (Å²) in [5, 5.41) is 10.6. The van der Waals surface area contributed by atoms with Crippen molar-refractivity contribution in [2.24, 2.45) is 5.73 Å². The first-order chi connectivity index (χ1) is 10.3. The Morgan fingerprint density at radius 2 is 1.55 bits per heavy atom. The van der Waals surface area contributed by atoms with E-state index in [2.05, 4.69) is 6.92 Å². The van der Waals surface area contributed by atoms with Gasteiger partial charge in [-0.05, 0) is 6.42 Å². The number of amides is 1. The summed E-state index contributed by atoms with van der Waals surface area (Å²) >= 11 is 0. The van der Waals surface area contributed by atoms with Crippen LogP contribution in [0.3, 0.4) is 0 Å². The maximum atomic E-state index is 11.9. The van der Waals surface area contributed by atoms with Crippen molar-refractivity contribution in [3.63, 3.8) is 0 Å². The number of rotatable bonds is 13. The van der Waals surface area contributed by atoms with Crippen LogP contribution < -0.4 is 5.73 Å². The van der Waals surface area contributed by atoms with Crippen molar-refractivity contribution in [3.05, 3.63) is 0 Å². The quantitative estimate of drug-likeness (QED) is 0.238. The normalized spacial score (nSPS) is 13.2. The zero-order chi connectivity index (χ0) is 17.0. The van der Waals surface area contributed by atoms with Crippen LogP contribution in [0.15, 0.2) is 0 Å². The second kappa shape index (κ2) is 11.9. The van der Waals surface area contributed by atoms with Gasteiger partial charge in [-0.15, -0.1) is 0 Å². The van der Waals surface area contributed by atoms with Crippen molar-refractivity contribution in [2.45, 2.75) is 70.8 Å². The van der Waals surface area contributed by atoms with E-state index in [4.69, 9.17) is 5.73 Å². The molecule has 0 spiro atoms. The molecule has 1 amide bonds. The van der Waals surface area contributed by atoms with Gasteiger partial charge in [-0.1, -0.05) is 58.3 Å². The molecule has 0 saturated carbocycles. The Morgan fingerprint density at radius 3 is 2.05 bits per heavy atom. The average Bonchev–Trinajstić information content (AvgIpc) is 2.45. The zero-order valence-electron chi connectivity index (χ0n) is 15.2. The van der Waals surface area contributed by atoms with Crippen molar-refractivity contribution in [1.82, 2.24) is 5.06 Å². The third-order valence-corrected chi connectivity index (χ3v) is 3.92. The average molecular weight is 317 g/mol. The predicted octanol–water partition coefficient (Wildman–Crippen LogP) is 2.77. The van der Waals surface area contributed by atoms with Crippen molar-refractivity contribution in [1.29, 1.82) is 0 Å². The summed E-state index contributed by atoms with van der Waals surface area (Å²) in [7, 11) is 6.08. The maximum Gasteiger partial charge on any atom is 0.263 e. The summed E-state index contributed by atoms with van der Waals surface area (Å²) in [6.07, 6.45) is 10.5. The van der Waals surface area contributed by atoms with Crippen molar-refractivity contribution < 1.29 is 14.5 Å². The van der Waals surface area contributed by atoms with E-state index in [0.29, 0.717) is 24.0 Å². The van der Waals surface area contributed by atoms with E-state index in [1.54, 1.807) is 0 Å². The van der Waals surface area contributed by atoms with Crippen molar-refractivity contribution in [2.75, 3.05) is 34.2 Å². The van der Waals surface area contributed by atoms with Crippen molar-refractivity contribution in [3.8, 4) is 0 Å². The van der Waals surface area contributed by atoms with E-state index in [1.165, 1.54) is 38.5 Å². The SMILES string of the molecule is CCCCCCCCCCC(N)C(=O)N(O)CC[N+](C)(C)C. The minimum atomic E-state index is -0.572. The molecule has 22 heavy (non-hydrogen) atoms. The highest BCUT2D eigenvalue weighted by Crippen LogP contribution is 2.10. The Hall–Kier alpha value is -0.650. The lowest BCUT2D eigenvalue weighted by Crippen LogP contribution is -2.47. The van der Waals surface area contributed by atoms with Crippen LogP contribution in [0.25, 0.3) is 0 Å². The standard InChI is InChI=1S/C17H38N3O2/c1-5-6-7-8-9-10-11-12-13-16(18)17(21)19(22)14-15-20(2,3)4/h16,22H,5-15,18H2,1-4H3/q+1. The van der Waals surface area contributed by atoms with E-state index in [-0.39, 0.29) is 5.91 Å². The fourth-order valence-corrected chi connectivity index (χ4v) is 2.32. The van der Waals surface area contributed by atoms with Crippen LogP contribution >= 0.6 is 0 Å². The Labute approximate surface area is 137 Å². The number of carbonyl (C=O) groups excluding carboxylic acids is 1. The summed E-state index contributed by atoms with van der Waals surface area (Å²) in [5.41, 5.74) is 5.88. The summed E-state index contributed by atoms with van der Waals surface area (Å²) in [4.78, 5) is 11.9. The second-order valence-corrected chi connectivity index (χ2v) is 7.35. The Morgan fingerprint density at radius 1 is 1.05 bits per heavy atom. The van der Waals surface area contributed by atoms with E-state index in [1.807, 2.05) is 21.1 Å². The number of hydrogen-bond donors (Lipinski definition) is 2. The van der Waals surface area contributed by atoms with Crippen molar-refractivity contribution >= 4 is 5.91 Å². The van der Waals surface area contributed by atoms with E-state index in [0.717, 1.165) is 17.9 Å². The van der Waals surface area contributed by atoms with E-state index < -0.39 is 6.04 Å². The van der Waals surface area contributed by atoms with Gasteiger partial charge in [-0.2, -0.15) is 0 Å². The van der Waals surface area contributed by atoms with Gasteiger partial charge in [0, 0.05) is 0 Å². The first kappa shape index (κ1) is 21.4. The molecule has 0 rings (SSSR count). The minimum absolute atomic E-state index is 0.327. The zero-order valence-corrected chi connectivity index (χ0v) is 15.2. The molecule has 0 aliphatic rings. The lowest BCUT2D eigenvalue weighted by Gasteiger charge is -2.27. The molecule has 0 aromatic rings. The molecule has 0 aromatic carbocycles. The van der Waals surface area contributed by atoms with Gasteiger partial charge in [0.2, 0.25) is 0 Å². The lowest BCUT2D eigenvalue weighted by atomic mass is 10.0. The van der Waals surface area contributed by atoms with Gasteiger partial charge in [-0.3, -0.25) is 10.0 Å². The molecule has 0 aromatic heterocycles. The minimum Gasteiger partial charge on any atom is -0.329 e. The molecule has 132 valence electrons. The summed E-state index contributed by atoms with van der Waals surface area (Å²) in [5.74, 6) is -0.351. The molecule has 0 fully saturated rings. The summed E-state index contributed by atoms with van der Waals surface area (Å²) < 4.78 is 0.706. The highest BCUT2D eigenvalue weighted by molar-refractivity contribution is 5.80. The molecular weight excluding hydrogens is 278 g/mol. The first-order valence-corrected chi connectivity index (χ1v) is 8.84. The molecule has 0 aliphatic heterocycles. The number of hydroxylamine groups is 2. The Kier molecular flexibility index (Phi) is 11.5. The predicted molar refractivity (Wildman–Crippen MR) is 91.6 cm³/mol. The Bertz CT molecular complexity index is 290. The number of nitrogens with zero attached hydrogens (tertiary/aromatic N) is 2. The molecule has 1 atom stereocenters. The number of likely N-dealkylation sites (N-methyl/N-ethyl adjacent to an activating group) is 1. The van der Waals surface area contributed by atoms with Crippen LogP contribution in [0.5, 0.6) is 0 Å². The number of nitrogens with two attached hydrogens (primary N) is 1. The summed E-state index contributed by atoms with van der Waals surface area (Å²) in [6.45, 7) is 3.25. The molecule has 0 bridgehead atoms. The molecule has 0 aliphatic carbocycles. The molecule has 0 radical (unpaired) electrons. The molecule has 5 heteroatoms. The molecule has 3 N–H and O–H groups in total. The number of unbranched alkanes of at least 4 members (excludes halogenated alkanes) is 7. The fraction of sp³-hybridized carbons (Fsp3) is 0.941. The van der Waals surface area contributed by atoms with Crippen LogP contribution in [-0.4, -0.2) is 60.9 Å². The first-order valence-electron chi connectivity index (χ1n) is 8.84. The number of quaternary nitrogens is 1. The van der Waals surface area contributed by atoms with Gasteiger partial charge in [0.25, 0.3) is 5.91 Å². The van der Waals surface area contributed by atoms with Gasteiger partial charge >= 0.3 is 0 Å². The topological polar surface area (TPSA) is 66.6 Å². The summed E-state index contributed by atoms with van der Waals surface area (Å²) in [6, 6.07) is -0.572. The number of carbonyl (C=O) groups is 1. The van der Waals surface area contributed by atoms with Crippen LogP contribution in [-0.2, 0) is 4.79 Å². The Balaban J connectivity index is 3.69. The maximum absolute atomic E-state index is 11.9. The molecule has 5 nitrogen and oxygen atoms in total. The van der Waals surface area contributed by atoms with Crippen LogP contribution in [0.1, 0.15) is 64.7 Å². The number of hydrogen-bond acceptors (Lipinski definition) is 3. The van der Waals surface area contributed by atoms with E-state index in [9.17, 15) is 10.0 Å². The third-order valence-electron chi connectivity index (χ3n) is 3.92. The highest BCUT2D eigenvalue weighted by atomic mass is 16.5. The van der Waals surface area contributed by atoms with Gasteiger partial charge in [0.1, 0.15) is 0 Å². The molecule has 0 heterocycles. The van der Waals surface area contributed by atoms with E-state index >= 15 is 0 Å². The highest BCUT2D eigenvalue weighted by Gasteiger charge is 2.21. The van der Waals surface area contributed by atoms with Crippen LogP contribution in [0.2, 0.25) is 0 Å². The van der Waals surface area contributed by atoms with Gasteiger partial charge in [-0.25, -0.2) is 5.06 Å².